The second-order valence-corrected chi connectivity index (χ2v) is 10.2. The minimum atomic E-state index is 0.0314. The summed E-state index contributed by atoms with van der Waals surface area (Å²) in [5, 5.41) is 12.0. The predicted molar refractivity (Wildman–Crippen MR) is 169 cm³/mol. The molecule has 0 bridgehead atoms. The lowest BCUT2D eigenvalue weighted by atomic mass is 10.1. The molecule has 0 aromatic heterocycles. The van der Waals surface area contributed by atoms with Gasteiger partial charge in [0.25, 0.3) is 0 Å². The van der Waals surface area contributed by atoms with Crippen molar-refractivity contribution in [2.45, 2.75) is 71.1 Å². The van der Waals surface area contributed by atoms with E-state index in [1.165, 1.54) is 64.2 Å². The molecule has 260 valence electrons. The van der Waals surface area contributed by atoms with E-state index in [0.29, 0.717) is 112 Å². The van der Waals surface area contributed by atoms with E-state index in [4.69, 9.17) is 47.7 Å². The third-order valence-electron chi connectivity index (χ3n) is 6.34. The summed E-state index contributed by atoms with van der Waals surface area (Å²) >= 11 is 0. The van der Waals surface area contributed by atoms with Crippen molar-refractivity contribution >= 4 is 0 Å². The quantitative estimate of drug-likeness (QED) is 0.0973. The summed E-state index contributed by atoms with van der Waals surface area (Å²) in [5.74, 6) is 0. The number of hydrogen-bond donors (Lipinski definition) is 2. The highest BCUT2D eigenvalue weighted by molar-refractivity contribution is 4.51. The van der Waals surface area contributed by atoms with E-state index in [1.807, 2.05) is 0 Å². The number of aliphatic hydroxyl groups is 1. The number of rotatable bonds is 40. The fourth-order valence-corrected chi connectivity index (χ4v) is 3.93. The van der Waals surface area contributed by atoms with Crippen LogP contribution in [-0.2, 0) is 42.6 Å². The van der Waals surface area contributed by atoms with Crippen molar-refractivity contribution in [3.63, 3.8) is 0 Å². The Bertz CT molecular complexity index is 439. The van der Waals surface area contributed by atoms with Crippen LogP contribution in [0.15, 0.2) is 0 Å². The third-order valence-corrected chi connectivity index (χ3v) is 6.34. The lowest BCUT2D eigenvalue weighted by Crippen LogP contribution is -2.22. The highest BCUT2D eigenvalue weighted by atomic mass is 16.6. The van der Waals surface area contributed by atoms with E-state index in [-0.39, 0.29) is 6.61 Å². The van der Waals surface area contributed by atoms with Crippen molar-refractivity contribution in [3.8, 4) is 0 Å². The van der Waals surface area contributed by atoms with Crippen molar-refractivity contribution in [2.24, 2.45) is 0 Å². The molecule has 0 rings (SSSR count). The molecule has 2 N–H and O–H groups in total. The molecule has 0 amide bonds. The van der Waals surface area contributed by atoms with Gasteiger partial charge in [0.1, 0.15) is 0 Å². The summed E-state index contributed by atoms with van der Waals surface area (Å²) in [5.41, 5.74) is 0. The van der Waals surface area contributed by atoms with Crippen LogP contribution >= 0.6 is 0 Å². The standard InChI is InChI=1S/C32H67NO10/c1-2-3-4-5-6-7-8-9-10-11-12-33-13-15-35-17-19-37-21-23-39-25-27-41-29-31-43-32-30-42-28-26-40-24-22-38-20-18-36-16-14-34/h33-34H,2-32H2,1H3. The van der Waals surface area contributed by atoms with Gasteiger partial charge in [0, 0.05) is 6.54 Å². The van der Waals surface area contributed by atoms with Gasteiger partial charge in [-0.15, -0.1) is 0 Å². The first-order valence-electron chi connectivity index (χ1n) is 16.9. The topological polar surface area (TPSA) is 115 Å². The smallest absolute Gasteiger partial charge is 0.0701 e. The van der Waals surface area contributed by atoms with Gasteiger partial charge in [-0.2, -0.15) is 0 Å². The van der Waals surface area contributed by atoms with Gasteiger partial charge in [-0.3, -0.25) is 0 Å². The van der Waals surface area contributed by atoms with Gasteiger partial charge in [-0.05, 0) is 13.0 Å². The first-order valence-corrected chi connectivity index (χ1v) is 16.9. The van der Waals surface area contributed by atoms with Gasteiger partial charge in [-0.1, -0.05) is 64.7 Å². The van der Waals surface area contributed by atoms with Gasteiger partial charge in [0.05, 0.1) is 126 Å². The maximum Gasteiger partial charge on any atom is 0.0701 e. The van der Waals surface area contributed by atoms with E-state index < -0.39 is 0 Å². The Hall–Kier alpha value is -0.440. The lowest BCUT2D eigenvalue weighted by molar-refractivity contribution is -0.0254. The first kappa shape index (κ1) is 42.6. The molecule has 0 aromatic rings. The van der Waals surface area contributed by atoms with Crippen LogP contribution in [0.3, 0.4) is 0 Å². The number of hydrogen-bond acceptors (Lipinski definition) is 11. The zero-order valence-corrected chi connectivity index (χ0v) is 27.5. The molecule has 0 saturated heterocycles. The van der Waals surface area contributed by atoms with Gasteiger partial charge in [0.15, 0.2) is 0 Å². The largest absolute Gasteiger partial charge is 0.394 e. The van der Waals surface area contributed by atoms with Crippen LogP contribution < -0.4 is 5.32 Å². The van der Waals surface area contributed by atoms with Crippen LogP contribution in [0.4, 0.5) is 0 Å². The summed E-state index contributed by atoms with van der Waals surface area (Å²) in [6.07, 6.45) is 13.7. The number of aliphatic hydroxyl groups excluding tert-OH is 1. The minimum absolute atomic E-state index is 0.0314. The molecular weight excluding hydrogens is 558 g/mol. The van der Waals surface area contributed by atoms with Crippen LogP contribution in [0, 0.1) is 0 Å². The van der Waals surface area contributed by atoms with Gasteiger partial charge in [0.2, 0.25) is 0 Å². The van der Waals surface area contributed by atoms with Crippen LogP contribution in [0.1, 0.15) is 71.1 Å². The second kappa shape index (κ2) is 41.6. The SMILES string of the molecule is CCCCCCCCCCCCNCCOCCOCCOCCOCCOCCOCCOCCOCCOCCO. The van der Waals surface area contributed by atoms with Crippen LogP contribution in [0.2, 0.25) is 0 Å². The predicted octanol–water partition coefficient (Wildman–Crippen LogP) is 3.64. The summed E-state index contributed by atoms with van der Waals surface area (Å²) < 4.78 is 48.9. The van der Waals surface area contributed by atoms with Crippen LogP contribution in [0.5, 0.6) is 0 Å². The number of ether oxygens (including phenoxy) is 9. The highest BCUT2D eigenvalue weighted by Crippen LogP contribution is 2.10. The minimum Gasteiger partial charge on any atom is -0.394 e. The van der Waals surface area contributed by atoms with E-state index in [9.17, 15) is 0 Å². The Balaban J connectivity index is 3.02. The zero-order chi connectivity index (χ0) is 31.0. The second-order valence-electron chi connectivity index (χ2n) is 10.2. The monoisotopic (exact) mass is 625 g/mol. The Morgan fingerprint density at radius 1 is 0.326 bits per heavy atom. The summed E-state index contributed by atoms with van der Waals surface area (Å²) in [7, 11) is 0. The molecule has 0 saturated carbocycles. The Labute approximate surface area is 262 Å². The molecular formula is C32H67NO10. The van der Waals surface area contributed by atoms with E-state index in [2.05, 4.69) is 12.2 Å². The van der Waals surface area contributed by atoms with Gasteiger partial charge in [-0.25, -0.2) is 0 Å². The molecule has 0 radical (unpaired) electrons. The fourth-order valence-electron chi connectivity index (χ4n) is 3.93. The molecule has 11 nitrogen and oxygen atoms in total. The summed E-state index contributed by atoms with van der Waals surface area (Å²) in [6, 6.07) is 0. The first-order chi connectivity index (χ1) is 21.4. The van der Waals surface area contributed by atoms with Gasteiger partial charge < -0.3 is 53.1 Å². The average Bonchev–Trinajstić information content (AvgIpc) is 3.02. The molecule has 0 aliphatic heterocycles. The van der Waals surface area contributed by atoms with Crippen molar-refractivity contribution in [2.75, 3.05) is 139 Å². The number of nitrogens with one attached hydrogen (secondary N) is 1. The zero-order valence-electron chi connectivity index (χ0n) is 27.5. The van der Waals surface area contributed by atoms with Crippen molar-refractivity contribution in [3.05, 3.63) is 0 Å². The van der Waals surface area contributed by atoms with Gasteiger partial charge >= 0.3 is 0 Å². The Morgan fingerprint density at radius 3 is 0.930 bits per heavy atom. The van der Waals surface area contributed by atoms with Crippen molar-refractivity contribution in [1.82, 2.24) is 5.32 Å². The summed E-state index contributed by atoms with van der Waals surface area (Å²) in [4.78, 5) is 0. The molecule has 0 spiro atoms. The fraction of sp³-hybridized carbons (Fsp3) is 1.00. The average molecular weight is 626 g/mol. The number of unbranched alkanes of at least 4 members (excludes halogenated alkanes) is 9. The molecule has 11 heteroatoms. The molecule has 0 atom stereocenters. The molecule has 0 aliphatic carbocycles. The van der Waals surface area contributed by atoms with E-state index in [1.54, 1.807) is 0 Å². The molecule has 0 unspecified atom stereocenters. The van der Waals surface area contributed by atoms with Crippen molar-refractivity contribution < 1.29 is 47.7 Å². The molecule has 0 heterocycles. The molecule has 0 fully saturated rings. The van der Waals surface area contributed by atoms with Crippen molar-refractivity contribution in [1.29, 1.82) is 0 Å². The highest BCUT2D eigenvalue weighted by Gasteiger charge is 1.96. The van der Waals surface area contributed by atoms with Crippen LogP contribution in [-0.4, -0.2) is 144 Å². The van der Waals surface area contributed by atoms with E-state index in [0.717, 1.165) is 19.7 Å². The van der Waals surface area contributed by atoms with Crippen LogP contribution in [0.25, 0.3) is 0 Å². The normalized spacial score (nSPS) is 11.6. The summed E-state index contributed by atoms with van der Waals surface area (Å²) in [6.45, 7) is 13.9. The van der Waals surface area contributed by atoms with E-state index >= 15 is 0 Å². The third kappa shape index (κ3) is 41.6. The maximum atomic E-state index is 8.58. The Kier molecular flexibility index (Phi) is 41.1. The Morgan fingerprint density at radius 2 is 0.605 bits per heavy atom. The molecule has 0 aliphatic rings. The maximum absolute atomic E-state index is 8.58. The lowest BCUT2D eigenvalue weighted by Gasteiger charge is -2.09. The molecule has 0 aromatic carbocycles. The molecule has 43 heavy (non-hydrogen) atoms.